The van der Waals surface area contributed by atoms with Gasteiger partial charge in [0.15, 0.2) is 5.78 Å². The van der Waals surface area contributed by atoms with Crippen LogP contribution in [0.15, 0.2) is 57.6 Å². The van der Waals surface area contributed by atoms with E-state index in [1.165, 1.54) is 4.88 Å². The second kappa shape index (κ2) is 7.44. The van der Waals surface area contributed by atoms with Gasteiger partial charge in [0.25, 0.3) is 0 Å². The van der Waals surface area contributed by atoms with Gasteiger partial charge in [-0.15, -0.1) is 22.7 Å². The lowest BCUT2D eigenvalue weighted by Gasteiger charge is -2.35. The van der Waals surface area contributed by atoms with E-state index >= 15 is 0 Å². The van der Waals surface area contributed by atoms with E-state index in [9.17, 15) is 9.59 Å². The van der Waals surface area contributed by atoms with E-state index in [4.69, 9.17) is 4.74 Å². The van der Waals surface area contributed by atoms with Crippen LogP contribution in [0.2, 0.25) is 0 Å². The summed E-state index contributed by atoms with van der Waals surface area (Å²) >= 11 is 3.27. The summed E-state index contributed by atoms with van der Waals surface area (Å²) in [5.74, 6) is -0.364. The van der Waals surface area contributed by atoms with Crippen molar-refractivity contribution in [2.75, 3.05) is 6.61 Å². The molecule has 4 rings (SSSR count). The first-order valence-electron chi connectivity index (χ1n) is 9.08. The van der Waals surface area contributed by atoms with Crippen LogP contribution in [0, 0.1) is 0 Å². The highest BCUT2D eigenvalue weighted by Gasteiger charge is 2.41. The minimum atomic E-state index is -0.347. The van der Waals surface area contributed by atoms with Crippen molar-refractivity contribution in [3.05, 3.63) is 67.3 Å². The highest BCUT2D eigenvalue weighted by Crippen LogP contribution is 2.47. The number of allylic oxidation sites excluding steroid dienone is 3. The molecular formula is C21H21NO3S2. The molecule has 2 aliphatic rings. The number of ether oxygens (including phenoxy) is 1. The lowest BCUT2D eigenvalue weighted by atomic mass is 9.74. The van der Waals surface area contributed by atoms with E-state index < -0.39 is 0 Å². The summed E-state index contributed by atoms with van der Waals surface area (Å²) in [5.41, 5.74) is 3.03. The Balaban J connectivity index is 1.78. The van der Waals surface area contributed by atoms with Crippen LogP contribution < -0.4 is 5.32 Å². The van der Waals surface area contributed by atoms with Gasteiger partial charge >= 0.3 is 5.97 Å². The number of carbonyl (C=O) groups excluding carboxylic acids is 2. The maximum absolute atomic E-state index is 13.2. The van der Waals surface area contributed by atoms with E-state index in [-0.39, 0.29) is 23.6 Å². The van der Waals surface area contributed by atoms with Crippen molar-refractivity contribution < 1.29 is 14.3 Å². The number of nitrogens with one attached hydrogen (secondary N) is 1. The van der Waals surface area contributed by atoms with Gasteiger partial charge in [-0.1, -0.05) is 12.1 Å². The lowest BCUT2D eigenvalue weighted by Crippen LogP contribution is -2.35. The third kappa shape index (κ3) is 3.28. The quantitative estimate of drug-likeness (QED) is 0.755. The second-order valence-corrected chi connectivity index (χ2v) is 8.73. The molecule has 2 aromatic heterocycles. The lowest BCUT2D eigenvalue weighted by molar-refractivity contribution is -0.138. The van der Waals surface area contributed by atoms with Crippen molar-refractivity contribution in [3.63, 3.8) is 0 Å². The van der Waals surface area contributed by atoms with Gasteiger partial charge in [-0.25, -0.2) is 4.79 Å². The minimum absolute atomic E-state index is 0.120. The molecule has 4 nitrogen and oxygen atoms in total. The number of hydrogen-bond donors (Lipinski definition) is 1. The number of thiophene rings is 2. The summed E-state index contributed by atoms with van der Waals surface area (Å²) in [6.07, 6.45) is 1.27. The number of rotatable bonds is 4. The number of hydrogen-bond acceptors (Lipinski definition) is 6. The smallest absolute Gasteiger partial charge is 0.336 e. The Bertz CT molecular complexity index is 923. The van der Waals surface area contributed by atoms with Gasteiger partial charge in [-0.05, 0) is 43.2 Å². The van der Waals surface area contributed by atoms with Crippen LogP contribution in [0.1, 0.15) is 48.3 Å². The minimum Gasteiger partial charge on any atom is -0.463 e. The number of Topliss-reactive ketones (excluding diaryl/α,β-unsaturated/α-hetero) is 1. The first kappa shape index (κ1) is 18.2. The molecule has 1 N–H and O–H groups in total. The zero-order chi connectivity index (χ0) is 19.0. The second-order valence-electron chi connectivity index (χ2n) is 6.77. The summed E-state index contributed by atoms with van der Waals surface area (Å²) in [7, 11) is 0. The Hall–Kier alpha value is -2.18. The molecule has 2 aromatic rings. The van der Waals surface area contributed by atoms with Gasteiger partial charge in [0.05, 0.1) is 18.1 Å². The topological polar surface area (TPSA) is 55.4 Å². The zero-order valence-corrected chi connectivity index (χ0v) is 16.9. The third-order valence-electron chi connectivity index (χ3n) is 5.10. The van der Waals surface area contributed by atoms with Crippen LogP contribution in [-0.4, -0.2) is 18.4 Å². The predicted octanol–water partition coefficient (Wildman–Crippen LogP) is 4.73. The van der Waals surface area contributed by atoms with Crippen LogP contribution in [-0.2, 0) is 14.3 Å². The van der Waals surface area contributed by atoms with Crippen molar-refractivity contribution in [2.45, 2.75) is 38.5 Å². The van der Waals surface area contributed by atoms with Crippen molar-refractivity contribution in [1.82, 2.24) is 5.32 Å². The molecular weight excluding hydrogens is 378 g/mol. The van der Waals surface area contributed by atoms with Crippen LogP contribution in [0.3, 0.4) is 0 Å². The average Bonchev–Trinajstić information content (AvgIpc) is 3.34. The molecule has 1 aliphatic carbocycles. The molecule has 0 saturated carbocycles. The molecule has 2 atom stereocenters. The monoisotopic (exact) mass is 399 g/mol. The number of ketones is 1. The maximum Gasteiger partial charge on any atom is 0.336 e. The summed E-state index contributed by atoms with van der Waals surface area (Å²) < 4.78 is 5.31. The van der Waals surface area contributed by atoms with Crippen LogP contribution in [0.5, 0.6) is 0 Å². The highest BCUT2D eigenvalue weighted by molar-refractivity contribution is 7.10. The van der Waals surface area contributed by atoms with Crippen LogP contribution in [0.25, 0.3) is 0 Å². The molecule has 1 aliphatic heterocycles. The van der Waals surface area contributed by atoms with Crippen molar-refractivity contribution >= 4 is 34.4 Å². The standard InChI is InChI=1S/C21H21NO3S2/c1-3-25-21(24)18-12(2)22-14-10-13(16-6-4-8-26-16)11-15(23)19(14)20(18)17-7-5-9-27-17/h4-9,13,20,22H,3,10-11H2,1-2H3/t13-,20-/m1/s1. The fourth-order valence-corrected chi connectivity index (χ4v) is 5.66. The fourth-order valence-electron chi connectivity index (χ4n) is 3.98. The van der Waals surface area contributed by atoms with Crippen LogP contribution in [0.4, 0.5) is 0 Å². The molecule has 0 unspecified atom stereocenters. The van der Waals surface area contributed by atoms with E-state index in [0.717, 1.165) is 28.3 Å². The van der Waals surface area contributed by atoms with E-state index in [0.29, 0.717) is 18.6 Å². The summed E-state index contributed by atoms with van der Waals surface area (Å²) in [4.78, 5) is 28.2. The SMILES string of the molecule is CCOC(=O)C1=C(C)NC2=C(C(=O)C[C@H](c3cccs3)C2)[C@@H]1c1cccs1. The molecule has 0 fully saturated rings. The van der Waals surface area contributed by atoms with Gasteiger partial charge in [0, 0.05) is 39.1 Å². The third-order valence-corrected chi connectivity index (χ3v) is 7.07. The Labute approximate surface area is 166 Å². The number of carbonyl (C=O) groups is 2. The van der Waals surface area contributed by atoms with Gasteiger partial charge < -0.3 is 10.1 Å². The Morgan fingerprint density at radius 1 is 1.19 bits per heavy atom. The molecule has 27 heavy (non-hydrogen) atoms. The first-order valence-corrected chi connectivity index (χ1v) is 10.8. The van der Waals surface area contributed by atoms with Gasteiger partial charge in [-0.3, -0.25) is 4.79 Å². The molecule has 3 heterocycles. The maximum atomic E-state index is 13.2. The van der Waals surface area contributed by atoms with E-state index in [1.54, 1.807) is 29.6 Å². The molecule has 0 aromatic carbocycles. The summed E-state index contributed by atoms with van der Waals surface area (Å²) in [6.45, 7) is 4.01. The Kier molecular flexibility index (Phi) is 5.02. The summed E-state index contributed by atoms with van der Waals surface area (Å²) in [5, 5.41) is 7.40. The number of dihydropyridines is 1. The van der Waals surface area contributed by atoms with Crippen LogP contribution >= 0.6 is 22.7 Å². The summed E-state index contributed by atoms with van der Waals surface area (Å²) in [6, 6.07) is 8.08. The highest BCUT2D eigenvalue weighted by atomic mass is 32.1. The van der Waals surface area contributed by atoms with Crippen molar-refractivity contribution in [2.24, 2.45) is 0 Å². The van der Waals surface area contributed by atoms with Crippen molar-refractivity contribution in [3.8, 4) is 0 Å². The molecule has 0 saturated heterocycles. The largest absolute Gasteiger partial charge is 0.463 e. The molecule has 6 heteroatoms. The van der Waals surface area contributed by atoms with Gasteiger partial charge in [-0.2, -0.15) is 0 Å². The number of esters is 1. The van der Waals surface area contributed by atoms with Gasteiger partial charge in [0.1, 0.15) is 0 Å². The normalized spacial score (nSPS) is 22.5. The van der Waals surface area contributed by atoms with E-state index in [2.05, 4.69) is 16.8 Å². The molecule has 0 spiro atoms. The fraction of sp³-hybridized carbons (Fsp3) is 0.333. The molecule has 0 amide bonds. The van der Waals surface area contributed by atoms with Crippen molar-refractivity contribution in [1.29, 1.82) is 0 Å². The van der Waals surface area contributed by atoms with Gasteiger partial charge in [0.2, 0.25) is 0 Å². The molecule has 0 radical (unpaired) electrons. The zero-order valence-electron chi connectivity index (χ0n) is 15.3. The van der Waals surface area contributed by atoms with E-state index in [1.807, 2.05) is 30.5 Å². The first-order chi connectivity index (χ1) is 13.1. The molecule has 140 valence electrons. The average molecular weight is 400 g/mol. The Morgan fingerprint density at radius 2 is 1.89 bits per heavy atom. The predicted molar refractivity (Wildman–Crippen MR) is 108 cm³/mol. The Morgan fingerprint density at radius 3 is 2.52 bits per heavy atom. The molecule has 0 bridgehead atoms.